The second-order valence-electron chi connectivity index (χ2n) is 8.09. The molecule has 1 amide bonds. The standard InChI is InChI=1S/C22H23FN4OS2/c1-14-17-7-9-29-21(17)6-8-26(14)12-22(28)27-10-18(15-2-4-16(23)5-3-15)19(11-27)20-13-30-25-24-20/h2-5,7,9,13-14,18-19H,6,8,10-12H2,1H3/t14-,18+,19-/m1/s1. The summed E-state index contributed by atoms with van der Waals surface area (Å²) in [6, 6.07) is 9.08. The Balaban J connectivity index is 1.33. The first-order valence-corrected chi connectivity index (χ1v) is 11.9. The molecule has 156 valence electrons. The van der Waals surface area contributed by atoms with Gasteiger partial charge in [-0.05, 0) is 59.6 Å². The van der Waals surface area contributed by atoms with Crippen molar-refractivity contribution in [3.8, 4) is 0 Å². The number of fused-ring (bicyclic) bond motifs is 1. The Kier molecular flexibility index (Phi) is 5.39. The molecule has 1 aromatic carbocycles. The van der Waals surface area contributed by atoms with Gasteiger partial charge in [-0.15, -0.1) is 16.4 Å². The number of rotatable bonds is 4. The molecule has 3 atom stereocenters. The van der Waals surface area contributed by atoms with Crippen molar-refractivity contribution in [2.45, 2.75) is 31.2 Å². The van der Waals surface area contributed by atoms with E-state index in [0.717, 1.165) is 24.2 Å². The Labute approximate surface area is 183 Å². The van der Waals surface area contributed by atoms with Crippen LogP contribution in [0.25, 0.3) is 0 Å². The van der Waals surface area contributed by atoms with Gasteiger partial charge in [-0.1, -0.05) is 16.6 Å². The highest BCUT2D eigenvalue weighted by atomic mass is 32.1. The largest absolute Gasteiger partial charge is 0.340 e. The zero-order valence-electron chi connectivity index (χ0n) is 16.7. The van der Waals surface area contributed by atoms with Crippen molar-refractivity contribution in [3.63, 3.8) is 0 Å². The van der Waals surface area contributed by atoms with Crippen LogP contribution in [0.2, 0.25) is 0 Å². The van der Waals surface area contributed by atoms with Crippen LogP contribution in [0.4, 0.5) is 4.39 Å². The summed E-state index contributed by atoms with van der Waals surface area (Å²) in [5, 5.41) is 8.38. The van der Waals surface area contributed by atoms with Crippen LogP contribution in [0.3, 0.4) is 0 Å². The van der Waals surface area contributed by atoms with Gasteiger partial charge in [0, 0.05) is 47.8 Å². The first-order chi connectivity index (χ1) is 14.6. The van der Waals surface area contributed by atoms with Gasteiger partial charge in [0.25, 0.3) is 0 Å². The molecule has 1 saturated heterocycles. The lowest BCUT2D eigenvalue weighted by molar-refractivity contribution is -0.132. The normalized spacial score (nSPS) is 24.2. The summed E-state index contributed by atoms with van der Waals surface area (Å²) < 4.78 is 17.5. The van der Waals surface area contributed by atoms with Crippen molar-refractivity contribution in [1.82, 2.24) is 19.4 Å². The van der Waals surface area contributed by atoms with E-state index in [4.69, 9.17) is 0 Å². The Morgan fingerprint density at radius 3 is 2.77 bits per heavy atom. The minimum atomic E-state index is -0.247. The zero-order chi connectivity index (χ0) is 20.7. The molecule has 0 unspecified atom stereocenters. The Bertz CT molecular complexity index is 1020. The van der Waals surface area contributed by atoms with Gasteiger partial charge < -0.3 is 4.90 Å². The molecular formula is C22H23FN4OS2. The maximum atomic E-state index is 13.4. The average molecular weight is 443 g/mol. The minimum Gasteiger partial charge on any atom is -0.340 e. The lowest BCUT2D eigenvalue weighted by Gasteiger charge is -2.34. The van der Waals surface area contributed by atoms with Crippen molar-refractivity contribution in [2.24, 2.45) is 0 Å². The van der Waals surface area contributed by atoms with Gasteiger partial charge in [-0.3, -0.25) is 9.69 Å². The van der Waals surface area contributed by atoms with E-state index in [1.165, 1.54) is 34.1 Å². The van der Waals surface area contributed by atoms with E-state index in [-0.39, 0.29) is 29.6 Å². The summed E-state index contributed by atoms with van der Waals surface area (Å²) in [7, 11) is 0. The van der Waals surface area contributed by atoms with Gasteiger partial charge in [0.1, 0.15) is 5.82 Å². The number of hydrogen-bond acceptors (Lipinski definition) is 6. The molecule has 2 aliphatic heterocycles. The summed E-state index contributed by atoms with van der Waals surface area (Å²) in [4.78, 5) is 18.9. The van der Waals surface area contributed by atoms with E-state index < -0.39 is 0 Å². The first-order valence-electron chi connectivity index (χ1n) is 10.2. The highest BCUT2D eigenvalue weighted by Gasteiger charge is 2.39. The summed E-state index contributed by atoms with van der Waals surface area (Å²) in [5.41, 5.74) is 3.31. The molecule has 0 aliphatic carbocycles. The molecule has 5 rings (SSSR count). The highest BCUT2D eigenvalue weighted by molar-refractivity contribution is 7.10. The number of carbonyl (C=O) groups is 1. The Hall–Kier alpha value is -2.16. The molecule has 0 saturated carbocycles. The highest BCUT2D eigenvalue weighted by Crippen LogP contribution is 2.40. The van der Waals surface area contributed by atoms with Crippen LogP contribution in [-0.4, -0.2) is 51.5 Å². The van der Waals surface area contributed by atoms with Crippen LogP contribution < -0.4 is 0 Å². The quantitative estimate of drug-likeness (QED) is 0.611. The maximum absolute atomic E-state index is 13.4. The maximum Gasteiger partial charge on any atom is 0.236 e. The monoisotopic (exact) mass is 442 g/mol. The van der Waals surface area contributed by atoms with E-state index in [1.54, 1.807) is 0 Å². The van der Waals surface area contributed by atoms with Crippen LogP contribution in [0, 0.1) is 5.82 Å². The molecule has 1 fully saturated rings. The lowest BCUT2D eigenvalue weighted by atomic mass is 9.87. The molecule has 0 spiro atoms. The number of benzene rings is 1. The Morgan fingerprint density at radius 1 is 1.20 bits per heavy atom. The lowest BCUT2D eigenvalue weighted by Crippen LogP contribution is -2.42. The molecule has 30 heavy (non-hydrogen) atoms. The van der Waals surface area contributed by atoms with E-state index in [9.17, 15) is 9.18 Å². The van der Waals surface area contributed by atoms with Gasteiger partial charge in [-0.2, -0.15) is 0 Å². The second kappa shape index (κ2) is 8.17. The third-order valence-electron chi connectivity index (χ3n) is 6.47. The van der Waals surface area contributed by atoms with Crippen LogP contribution in [0.5, 0.6) is 0 Å². The number of nitrogens with zero attached hydrogens (tertiary/aromatic N) is 4. The fourth-order valence-corrected chi connectivity index (χ4v) is 6.22. The van der Waals surface area contributed by atoms with Gasteiger partial charge >= 0.3 is 0 Å². The van der Waals surface area contributed by atoms with Crippen LogP contribution in [-0.2, 0) is 11.2 Å². The third kappa shape index (κ3) is 3.68. The van der Waals surface area contributed by atoms with Crippen LogP contribution in [0.15, 0.2) is 41.1 Å². The molecule has 0 N–H and O–H groups in total. The van der Waals surface area contributed by atoms with Gasteiger partial charge in [0.05, 0.1) is 12.2 Å². The second-order valence-corrected chi connectivity index (χ2v) is 9.70. The van der Waals surface area contributed by atoms with Crippen molar-refractivity contribution in [3.05, 3.63) is 68.6 Å². The van der Waals surface area contributed by atoms with Gasteiger partial charge in [0.2, 0.25) is 5.91 Å². The van der Waals surface area contributed by atoms with E-state index in [0.29, 0.717) is 19.6 Å². The topological polar surface area (TPSA) is 49.3 Å². The smallest absolute Gasteiger partial charge is 0.236 e. The molecule has 2 aromatic heterocycles. The van der Waals surface area contributed by atoms with Crippen LogP contribution >= 0.6 is 22.9 Å². The Morgan fingerprint density at radius 2 is 2.00 bits per heavy atom. The first kappa shape index (κ1) is 19.8. The molecule has 0 radical (unpaired) electrons. The molecule has 0 bridgehead atoms. The predicted molar refractivity (Wildman–Crippen MR) is 116 cm³/mol. The van der Waals surface area contributed by atoms with Crippen molar-refractivity contribution in [2.75, 3.05) is 26.2 Å². The summed E-state index contributed by atoms with van der Waals surface area (Å²) in [5.74, 6) is 0.0860. The SMILES string of the molecule is C[C@@H]1c2ccsc2CCN1CC(=O)N1C[C@@H](c2ccc(F)cc2)[C@H](c2csnn2)C1. The number of likely N-dealkylation sites (tertiary alicyclic amines) is 1. The predicted octanol–water partition coefficient (Wildman–Crippen LogP) is 4.07. The van der Waals surface area contributed by atoms with E-state index in [2.05, 4.69) is 32.9 Å². The average Bonchev–Trinajstić information content (AvgIpc) is 3.50. The minimum absolute atomic E-state index is 0.0837. The zero-order valence-corrected chi connectivity index (χ0v) is 18.3. The molecule has 3 aromatic rings. The summed E-state index contributed by atoms with van der Waals surface area (Å²) in [6.45, 7) is 4.77. The van der Waals surface area contributed by atoms with Crippen LogP contribution in [0.1, 0.15) is 46.5 Å². The molecule has 4 heterocycles. The summed E-state index contributed by atoms with van der Waals surface area (Å²) >= 11 is 3.14. The van der Waals surface area contributed by atoms with Gasteiger partial charge in [0.15, 0.2) is 0 Å². The fraction of sp³-hybridized carbons (Fsp3) is 0.409. The van der Waals surface area contributed by atoms with E-state index in [1.807, 2.05) is 33.7 Å². The summed E-state index contributed by atoms with van der Waals surface area (Å²) in [6.07, 6.45) is 1.01. The number of carbonyl (C=O) groups excluding carboxylic acids is 1. The number of hydrogen-bond donors (Lipinski definition) is 0. The molecule has 5 nitrogen and oxygen atoms in total. The van der Waals surface area contributed by atoms with Crippen molar-refractivity contribution < 1.29 is 9.18 Å². The van der Waals surface area contributed by atoms with Crippen molar-refractivity contribution in [1.29, 1.82) is 0 Å². The number of thiophene rings is 1. The number of halogens is 1. The fourth-order valence-electron chi connectivity index (χ4n) is 4.74. The van der Waals surface area contributed by atoms with Crippen molar-refractivity contribution >= 4 is 28.8 Å². The van der Waals surface area contributed by atoms with E-state index >= 15 is 0 Å². The third-order valence-corrected chi connectivity index (χ3v) is 7.99. The number of amides is 1. The molecular weight excluding hydrogens is 419 g/mol. The molecule has 8 heteroatoms. The molecule has 2 aliphatic rings. The van der Waals surface area contributed by atoms with Gasteiger partial charge in [-0.25, -0.2) is 4.39 Å². The number of aromatic nitrogens is 2.